The summed E-state index contributed by atoms with van der Waals surface area (Å²) in [6.45, 7) is 1.72. The Kier molecular flexibility index (Phi) is 4.28. The van der Waals surface area contributed by atoms with Crippen LogP contribution in [0, 0.1) is 5.82 Å². The molecule has 0 unspecified atom stereocenters. The maximum absolute atomic E-state index is 13.3. The van der Waals surface area contributed by atoms with E-state index in [0.717, 1.165) is 18.4 Å². The topological polar surface area (TPSA) is 86.5 Å². The lowest BCUT2D eigenvalue weighted by atomic mass is 10.1. The van der Waals surface area contributed by atoms with Crippen molar-refractivity contribution in [2.45, 2.75) is 12.7 Å². The van der Waals surface area contributed by atoms with Crippen LogP contribution in [0.25, 0.3) is 0 Å². The van der Waals surface area contributed by atoms with Gasteiger partial charge in [0.25, 0.3) is 0 Å². The van der Waals surface area contributed by atoms with E-state index in [1.807, 2.05) is 0 Å². The monoisotopic (exact) mass is 275 g/mol. The minimum atomic E-state index is -3.37. The molecular weight excluding hydrogens is 261 g/mol. The Bertz CT molecular complexity index is 569. The van der Waals surface area contributed by atoms with E-state index in [1.165, 1.54) is 0 Å². The molecule has 0 saturated carbocycles. The average Bonchev–Trinajstić information content (AvgIpc) is 2.21. The van der Waals surface area contributed by atoms with Crippen molar-refractivity contribution >= 4 is 21.5 Å². The summed E-state index contributed by atoms with van der Waals surface area (Å²) in [6.07, 6.45) is 1.00. The standard InChI is InChI=1S/C11H14FNO4S/c1-3-17-11(14)9-5-8(12)4-7(10(9)13)6-18(2,15)16/h4-5H,3,6,13H2,1-2H3. The fourth-order valence-electron chi connectivity index (χ4n) is 1.45. The van der Waals surface area contributed by atoms with E-state index in [1.54, 1.807) is 6.92 Å². The number of nitrogens with two attached hydrogens (primary N) is 1. The van der Waals surface area contributed by atoms with Gasteiger partial charge in [-0.3, -0.25) is 0 Å². The molecule has 0 heterocycles. The Morgan fingerprint density at radius 2 is 2.06 bits per heavy atom. The lowest BCUT2D eigenvalue weighted by molar-refractivity contribution is 0.0527. The summed E-state index contributed by atoms with van der Waals surface area (Å²) in [4.78, 5) is 11.5. The lowest BCUT2D eigenvalue weighted by Gasteiger charge is -2.10. The fourth-order valence-corrected chi connectivity index (χ4v) is 2.26. The number of anilines is 1. The molecule has 0 spiro atoms. The number of nitrogen functional groups attached to an aromatic ring is 1. The first-order valence-electron chi connectivity index (χ1n) is 5.17. The van der Waals surface area contributed by atoms with Crippen molar-refractivity contribution in [3.05, 3.63) is 29.1 Å². The SMILES string of the molecule is CCOC(=O)c1cc(F)cc(CS(C)(=O)=O)c1N. The number of benzene rings is 1. The number of sulfone groups is 1. The van der Waals surface area contributed by atoms with Crippen molar-refractivity contribution in [2.75, 3.05) is 18.6 Å². The molecule has 0 aliphatic carbocycles. The largest absolute Gasteiger partial charge is 0.462 e. The van der Waals surface area contributed by atoms with Crippen LogP contribution < -0.4 is 5.73 Å². The van der Waals surface area contributed by atoms with Crippen LogP contribution in [-0.4, -0.2) is 27.2 Å². The molecule has 18 heavy (non-hydrogen) atoms. The number of carbonyl (C=O) groups is 1. The third kappa shape index (κ3) is 3.69. The van der Waals surface area contributed by atoms with Gasteiger partial charge in [0, 0.05) is 6.26 Å². The Morgan fingerprint density at radius 1 is 1.44 bits per heavy atom. The molecule has 0 aliphatic rings. The maximum Gasteiger partial charge on any atom is 0.340 e. The van der Waals surface area contributed by atoms with Gasteiger partial charge in [0.15, 0.2) is 9.84 Å². The molecule has 0 aliphatic heterocycles. The molecule has 7 heteroatoms. The van der Waals surface area contributed by atoms with E-state index in [0.29, 0.717) is 0 Å². The molecule has 5 nitrogen and oxygen atoms in total. The Morgan fingerprint density at radius 3 is 2.56 bits per heavy atom. The number of hydrogen-bond acceptors (Lipinski definition) is 5. The lowest BCUT2D eigenvalue weighted by Crippen LogP contribution is -2.12. The van der Waals surface area contributed by atoms with Gasteiger partial charge in [-0.1, -0.05) is 0 Å². The smallest absolute Gasteiger partial charge is 0.340 e. The third-order valence-corrected chi connectivity index (χ3v) is 2.98. The molecule has 0 atom stereocenters. The second kappa shape index (κ2) is 5.34. The number of hydrogen-bond donors (Lipinski definition) is 1. The number of halogens is 1. The van der Waals surface area contributed by atoms with Gasteiger partial charge in [-0.25, -0.2) is 17.6 Å². The van der Waals surface area contributed by atoms with Crippen LogP contribution >= 0.6 is 0 Å². The number of ether oxygens (including phenoxy) is 1. The summed E-state index contributed by atoms with van der Waals surface area (Å²) >= 11 is 0. The summed E-state index contributed by atoms with van der Waals surface area (Å²) in [6, 6.07) is 1.93. The summed E-state index contributed by atoms with van der Waals surface area (Å²) in [5.41, 5.74) is 5.49. The molecule has 100 valence electrons. The third-order valence-electron chi connectivity index (χ3n) is 2.14. The van der Waals surface area contributed by atoms with E-state index >= 15 is 0 Å². The first-order valence-corrected chi connectivity index (χ1v) is 7.23. The minimum Gasteiger partial charge on any atom is -0.462 e. The highest BCUT2D eigenvalue weighted by Gasteiger charge is 2.18. The molecule has 0 fully saturated rings. The second-order valence-corrected chi connectivity index (χ2v) is 5.96. The van der Waals surface area contributed by atoms with Gasteiger partial charge < -0.3 is 10.5 Å². The molecule has 0 amide bonds. The van der Waals surface area contributed by atoms with Crippen molar-refractivity contribution < 1.29 is 22.3 Å². The van der Waals surface area contributed by atoms with E-state index in [-0.39, 0.29) is 23.4 Å². The van der Waals surface area contributed by atoms with Gasteiger partial charge in [-0.2, -0.15) is 0 Å². The van der Waals surface area contributed by atoms with Gasteiger partial charge >= 0.3 is 5.97 Å². The average molecular weight is 275 g/mol. The Balaban J connectivity index is 3.26. The second-order valence-electron chi connectivity index (χ2n) is 3.82. The Hall–Kier alpha value is -1.63. The van der Waals surface area contributed by atoms with Crippen LogP contribution in [0.5, 0.6) is 0 Å². The molecule has 1 aromatic rings. The molecule has 1 rings (SSSR count). The van der Waals surface area contributed by atoms with Crippen molar-refractivity contribution in [1.29, 1.82) is 0 Å². The quantitative estimate of drug-likeness (QED) is 0.657. The molecule has 0 saturated heterocycles. The molecule has 0 aromatic heterocycles. The van der Waals surface area contributed by atoms with Crippen LogP contribution in [0.3, 0.4) is 0 Å². The zero-order valence-corrected chi connectivity index (χ0v) is 10.9. The number of carbonyl (C=O) groups excluding carboxylic acids is 1. The van der Waals surface area contributed by atoms with Gasteiger partial charge in [0.1, 0.15) is 5.82 Å². The van der Waals surface area contributed by atoms with Crippen LogP contribution in [0.2, 0.25) is 0 Å². The normalized spacial score (nSPS) is 11.3. The van der Waals surface area contributed by atoms with Crippen molar-refractivity contribution in [3.63, 3.8) is 0 Å². The highest BCUT2D eigenvalue weighted by atomic mass is 32.2. The van der Waals surface area contributed by atoms with E-state index < -0.39 is 27.4 Å². The van der Waals surface area contributed by atoms with Gasteiger partial charge in [0.05, 0.1) is 23.6 Å². The van der Waals surface area contributed by atoms with E-state index in [4.69, 9.17) is 10.5 Å². The van der Waals surface area contributed by atoms with Crippen LogP contribution in [0.4, 0.5) is 10.1 Å². The predicted molar refractivity (Wildman–Crippen MR) is 65.3 cm³/mol. The molecule has 1 aromatic carbocycles. The summed E-state index contributed by atoms with van der Waals surface area (Å²) < 4.78 is 40.4. The zero-order valence-electron chi connectivity index (χ0n) is 10.1. The first-order chi connectivity index (χ1) is 8.24. The van der Waals surface area contributed by atoms with Gasteiger partial charge in [-0.15, -0.1) is 0 Å². The first kappa shape index (κ1) is 14.4. The van der Waals surface area contributed by atoms with E-state index in [9.17, 15) is 17.6 Å². The van der Waals surface area contributed by atoms with Gasteiger partial charge in [-0.05, 0) is 24.6 Å². The molecule has 2 N–H and O–H groups in total. The highest BCUT2D eigenvalue weighted by Crippen LogP contribution is 2.22. The van der Waals surface area contributed by atoms with Crippen molar-refractivity contribution in [3.8, 4) is 0 Å². The highest BCUT2D eigenvalue weighted by molar-refractivity contribution is 7.89. The Labute approximate surface area is 105 Å². The zero-order chi connectivity index (χ0) is 13.9. The molecular formula is C11H14FNO4S. The predicted octanol–water partition coefficient (Wildman–Crippen LogP) is 1.13. The number of esters is 1. The van der Waals surface area contributed by atoms with Crippen LogP contribution in [-0.2, 0) is 20.3 Å². The fraction of sp³-hybridized carbons (Fsp3) is 0.364. The molecule has 0 bridgehead atoms. The van der Waals surface area contributed by atoms with Crippen molar-refractivity contribution in [2.24, 2.45) is 0 Å². The van der Waals surface area contributed by atoms with Crippen LogP contribution in [0.15, 0.2) is 12.1 Å². The number of rotatable bonds is 4. The minimum absolute atomic E-state index is 0.0561. The maximum atomic E-state index is 13.3. The molecule has 0 radical (unpaired) electrons. The van der Waals surface area contributed by atoms with E-state index in [2.05, 4.69) is 0 Å². The summed E-state index contributed by atoms with van der Waals surface area (Å²) in [5.74, 6) is -1.93. The van der Waals surface area contributed by atoms with Gasteiger partial charge in [0.2, 0.25) is 0 Å². The van der Waals surface area contributed by atoms with Crippen LogP contribution in [0.1, 0.15) is 22.8 Å². The summed E-state index contributed by atoms with van der Waals surface area (Å²) in [5, 5.41) is 0. The summed E-state index contributed by atoms with van der Waals surface area (Å²) in [7, 11) is -3.37. The van der Waals surface area contributed by atoms with Crippen molar-refractivity contribution in [1.82, 2.24) is 0 Å².